The zero-order chi connectivity index (χ0) is 34.5. The molecule has 0 saturated carbocycles. The maximum absolute atomic E-state index is 13.4. The fourth-order valence-corrected chi connectivity index (χ4v) is 4.20. The van der Waals surface area contributed by atoms with Gasteiger partial charge in [0.25, 0.3) is 5.91 Å². The fourth-order valence-electron chi connectivity index (χ4n) is 4.20. The first-order chi connectivity index (χ1) is 21.8. The highest BCUT2D eigenvalue weighted by atomic mass is 19.1. The number of carboxylic acids is 1. The average Bonchev–Trinajstić information content (AvgIpc) is 2.99. The third-order valence-electron chi connectivity index (χ3n) is 6.59. The number of hydrogen-bond donors (Lipinski definition) is 7. The molecule has 16 nitrogen and oxygen atoms in total. The molecule has 0 heterocycles. The number of carbonyl (C=O) groups is 6. The van der Waals surface area contributed by atoms with E-state index in [2.05, 4.69) is 20.8 Å². The third-order valence-corrected chi connectivity index (χ3v) is 6.59. The Balaban J connectivity index is 2.89. The Morgan fingerprint density at radius 2 is 1.63 bits per heavy atom. The number of unbranched alkanes of at least 4 members (excludes halogenated alkanes) is 1. The minimum atomic E-state index is -1.31. The number of nitrogens with zero attached hydrogens (tertiary/aromatic N) is 2. The Morgan fingerprint density at radius 1 is 0.935 bits per heavy atom. The lowest BCUT2D eigenvalue weighted by Crippen LogP contribution is -2.44. The summed E-state index contributed by atoms with van der Waals surface area (Å²) in [5.74, 6) is -7.40. The molecule has 1 aromatic carbocycles. The molecular weight excluding hydrogens is 607 g/mol. The molecule has 1 rings (SSSR count). The van der Waals surface area contributed by atoms with Gasteiger partial charge in [-0.3, -0.25) is 33.8 Å². The summed E-state index contributed by atoms with van der Waals surface area (Å²) in [4.78, 5) is 82.7. The number of primary amides is 1. The number of guanidine groups is 1. The number of carboxylic acid groups (broad SMARTS) is 1. The summed E-state index contributed by atoms with van der Waals surface area (Å²) in [5.41, 5.74) is 22.0. The number of rotatable bonds is 24. The number of aliphatic carboxylic acids is 1. The number of nitrogens with one attached hydrogen (secondary N) is 2. The number of carbonyl (C=O) groups excluding carboxylic acids is 5. The molecule has 0 aliphatic carbocycles. The summed E-state index contributed by atoms with van der Waals surface area (Å²) in [6.07, 6.45) is 1.64. The summed E-state index contributed by atoms with van der Waals surface area (Å²) in [6.45, 7) is -0.505. The largest absolute Gasteiger partial charge is 0.481 e. The molecule has 0 saturated heterocycles. The number of amides is 3. The Hall–Kier alpha value is -4.93. The van der Waals surface area contributed by atoms with Crippen molar-refractivity contribution in [3.63, 3.8) is 0 Å². The molecule has 0 aliphatic heterocycles. The van der Waals surface area contributed by atoms with Crippen LogP contribution in [0.5, 0.6) is 0 Å². The topological polar surface area (TPSA) is 285 Å². The van der Waals surface area contributed by atoms with E-state index in [9.17, 15) is 33.2 Å². The molecule has 1 aromatic rings. The molecule has 11 N–H and O–H groups in total. The van der Waals surface area contributed by atoms with E-state index in [4.69, 9.17) is 32.9 Å². The molecule has 0 spiro atoms. The van der Waals surface area contributed by atoms with Gasteiger partial charge in [0.2, 0.25) is 11.8 Å². The van der Waals surface area contributed by atoms with Crippen LogP contribution in [0.15, 0.2) is 34.4 Å². The number of halogens is 1. The number of oxime groups is 1. The Kier molecular flexibility index (Phi) is 18.5. The standard InChI is InChI=1S/C29H43FN8O8/c30-21-8-6-18(7-9-21)15-37-46-17-25(41)38-23(5-1-2-10-31)24(40)13-19(4-3-11-35-29(33)34)28(45)36-16-22(39)12-20(27(32)44)14-26(42)43/h6-9,15,19-20,23H,1-5,10-14,16-17,31H2,(H2,32,44)(H,36,45)(H,38,41)(H,42,43)(H4,33,34,35)/b37-15+. The first-order valence-corrected chi connectivity index (χ1v) is 14.6. The average molecular weight is 651 g/mol. The van der Waals surface area contributed by atoms with Crippen molar-refractivity contribution in [1.29, 1.82) is 0 Å². The van der Waals surface area contributed by atoms with Crippen molar-refractivity contribution in [2.75, 3.05) is 26.2 Å². The van der Waals surface area contributed by atoms with Crippen molar-refractivity contribution in [3.8, 4) is 0 Å². The van der Waals surface area contributed by atoms with Crippen molar-refractivity contribution in [3.05, 3.63) is 35.6 Å². The van der Waals surface area contributed by atoms with E-state index in [1.54, 1.807) is 0 Å². The summed E-state index contributed by atoms with van der Waals surface area (Å²) in [7, 11) is 0. The second-order valence-corrected chi connectivity index (χ2v) is 10.4. The molecule has 17 heteroatoms. The SMILES string of the molecule is NCCCCC(NC(=O)CO/N=C/c1ccc(F)cc1)C(=O)CC(CCCN=C(N)N)C(=O)NCC(=O)CC(CC(=O)O)C(N)=O. The van der Waals surface area contributed by atoms with Crippen LogP contribution in [-0.2, 0) is 33.6 Å². The first kappa shape index (κ1) is 39.1. The number of hydrogen-bond acceptors (Lipinski definition) is 10. The summed E-state index contributed by atoms with van der Waals surface area (Å²) in [6, 6.07) is 4.42. The molecule has 0 aliphatic rings. The number of nitrogens with two attached hydrogens (primary N) is 4. The van der Waals surface area contributed by atoms with Crippen LogP contribution in [0.2, 0.25) is 0 Å². The zero-order valence-corrected chi connectivity index (χ0v) is 25.5. The monoisotopic (exact) mass is 650 g/mol. The van der Waals surface area contributed by atoms with Gasteiger partial charge in [0.05, 0.1) is 31.1 Å². The van der Waals surface area contributed by atoms with Gasteiger partial charge in [-0.15, -0.1) is 0 Å². The van der Waals surface area contributed by atoms with Gasteiger partial charge < -0.3 is 43.5 Å². The van der Waals surface area contributed by atoms with Crippen LogP contribution >= 0.6 is 0 Å². The molecule has 0 fully saturated rings. The third kappa shape index (κ3) is 17.4. The molecule has 3 amide bonds. The van der Waals surface area contributed by atoms with Crippen LogP contribution in [0.3, 0.4) is 0 Å². The van der Waals surface area contributed by atoms with Gasteiger partial charge in [0.1, 0.15) is 5.82 Å². The van der Waals surface area contributed by atoms with Crippen LogP contribution in [0.4, 0.5) is 4.39 Å². The summed E-state index contributed by atoms with van der Waals surface area (Å²) >= 11 is 0. The fraction of sp³-hybridized carbons (Fsp3) is 0.517. The van der Waals surface area contributed by atoms with E-state index in [-0.39, 0.29) is 31.8 Å². The second-order valence-electron chi connectivity index (χ2n) is 10.4. The van der Waals surface area contributed by atoms with Crippen LogP contribution in [0, 0.1) is 17.7 Å². The highest BCUT2D eigenvalue weighted by Crippen LogP contribution is 2.16. The molecule has 3 unspecified atom stereocenters. The number of ketones is 2. The Labute approximate surface area is 265 Å². The van der Waals surface area contributed by atoms with Crippen molar-refractivity contribution < 1.29 is 43.1 Å². The van der Waals surface area contributed by atoms with Crippen LogP contribution < -0.4 is 33.6 Å². The highest BCUT2D eigenvalue weighted by molar-refractivity contribution is 5.94. The quantitative estimate of drug-likeness (QED) is 0.0310. The summed E-state index contributed by atoms with van der Waals surface area (Å²) in [5, 5.41) is 17.6. The molecule has 3 atom stereocenters. The van der Waals surface area contributed by atoms with Gasteiger partial charge in [0.15, 0.2) is 24.1 Å². The van der Waals surface area contributed by atoms with Gasteiger partial charge in [-0.1, -0.05) is 17.3 Å². The smallest absolute Gasteiger partial charge is 0.304 e. The van der Waals surface area contributed by atoms with Gasteiger partial charge in [-0.25, -0.2) is 4.39 Å². The van der Waals surface area contributed by atoms with E-state index in [1.165, 1.54) is 30.5 Å². The van der Waals surface area contributed by atoms with Crippen LogP contribution in [-0.4, -0.2) is 84.8 Å². The lowest BCUT2D eigenvalue weighted by Gasteiger charge is -2.21. The van der Waals surface area contributed by atoms with Gasteiger partial charge in [-0.2, -0.15) is 0 Å². The van der Waals surface area contributed by atoms with E-state index in [0.29, 0.717) is 31.4 Å². The van der Waals surface area contributed by atoms with Gasteiger partial charge in [0, 0.05) is 25.3 Å². The van der Waals surface area contributed by atoms with Crippen LogP contribution in [0.1, 0.15) is 56.9 Å². The Morgan fingerprint density at radius 3 is 2.24 bits per heavy atom. The number of Topliss-reactive ketones (excluding diaryl/α,β-unsaturated/α-hetero) is 2. The maximum Gasteiger partial charge on any atom is 0.304 e. The van der Waals surface area contributed by atoms with Gasteiger partial charge >= 0.3 is 5.97 Å². The predicted molar refractivity (Wildman–Crippen MR) is 165 cm³/mol. The lowest BCUT2D eigenvalue weighted by molar-refractivity contribution is -0.141. The minimum Gasteiger partial charge on any atom is -0.481 e. The normalized spacial score (nSPS) is 12.8. The molecule has 254 valence electrons. The van der Waals surface area contributed by atoms with Crippen molar-refractivity contribution in [2.24, 2.45) is 44.9 Å². The Bertz CT molecular complexity index is 1240. The molecule has 0 radical (unpaired) electrons. The van der Waals surface area contributed by atoms with Crippen molar-refractivity contribution >= 4 is 47.4 Å². The minimum absolute atomic E-state index is 0.149. The molecule has 46 heavy (non-hydrogen) atoms. The van der Waals surface area contributed by atoms with E-state index in [1.807, 2.05) is 0 Å². The van der Waals surface area contributed by atoms with Crippen LogP contribution in [0.25, 0.3) is 0 Å². The summed E-state index contributed by atoms with van der Waals surface area (Å²) < 4.78 is 13.0. The van der Waals surface area contributed by atoms with Crippen molar-refractivity contribution in [2.45, 2.75) is 57.4 Å². The molecule has 0 bridgehead atoms. The predicted octanol–water partition coefficient (Wildman–Crippen LogP) is -0.929. The molecule has 0 aromatic heterocycles. The second kappa shape index (κ2) is 21.7. The number of benzene rings is 1. The highest BCUT2D eigenvalue weighted by Gasteiger charge is 2.28. The van der Waals surface area contributed by atoms with Gasteiger partial charge in [-0.05, 0) is 56.3 Å². The maximum atomic E-state index is 13.4. The zero-order valence-electron chi connectivity index (χ0n) is 25.5. The van der Waals surface area contributed by atoms with E-state index < -0.39 is 84.9 Å². The lowest BCUT2D eigenvalue weighted by atomic mass is 9.91. The van der Waals surface area contributed by atoms with E-state index in [0.717, 1.165) is 0 Å². The first-order valence-electron chi connectivity index (χ1n) is 14.6. The molecular formula is C29H43FN8O8. The number of aliphatic imine (C=N–C) groups is 1. The van der Waals surface area contributed by atoms with E-state index >= 15 is 0 Å². The van der Waals surface area contributed by atoms with Crippen molar-refractivity contribution in [1.82, 2.24) is 10.6 Å².